The van der Waals surface area contributed by atoms with Gasteiger partial charge in [0.25, 0.3) is 15.9 Å². The van der Waals surface area contributed by atoms with Gasteiger partial charge in [-0.2, -0.15) is 0 Å². The summed E-state index contributed by atoms with van der Waals surface area (Å²) in [5, 5.41) is 3.08. The highest BCUT2D eigenvalue weighted by Gasteiger charge is 2.19. The maximum Gasteiger partial charge on any atom is 0.262 e. The van der Waals surface area contributed by atoms with Crippen molar-refractivity contribution in [1.82, 2.24) is 0 Å². The zero-order chi connectivity index (χ0) is 22.4. The lowest BCUT2D eigenvalue weighted by Crippen LogP contribution is -2.16. The molecule has 0 saturated heterocycles. The largest absolute Gasteiger partial charge is 0.495 e. The van der Waals surface area contributed by atoms with Crippen molar-refractivity contribution in [2.75, 3.05) is 23.8 Å². The third-order valence-corrected chi connectivity index (χ3v) is 5.83. The van der Waals surface area contributed by atoms with E-state index in [1.165, 1.54) is 37.4 Å². The van der Waals surface area contributed by atoms with Crippen LogP contribution in [-0.4, -0.2) is 28.0 Å². The number of amides is 1. The van der Waals surface area contributed by atoms with E-state index in [1.807, 2.05) is 6.92 Å². The summed E-state index contributed by atoms with van der Waals surface area (Å²) >= 11 is 5.97. The molecule has 3 aromatic carbocycles. The lowest BCUT2D eigenvalue weighted by molar-refractivity contribution is 0.102. The summed E-state index contributed by atoms with van der Waals surface area (Å²) in [5.74, 6) is 0.565. The van der Waals surface area contributed by atoms with E-state index >= 15 is 0 Å². The van der Waals surface area contributed by atoms with Gasteiger partial charge >= 0.3 is 0 Å². The molecule has 0 fully saturated rings. The number of benzene rings is 3. The summed E-state index contributed by atoms with van der Waals surface area (Å²) in [6.07, 6.45) is 0. The minimum absolute atomic E-state index is 0.0751. The van der Waals surface area contributed by atoms with E-state index in [2.05, 4.69) is 10.0 Å². The van der Waals surface area contributed by atoms with Gasteiger partial charge in [-0.1, -0.05) is 17.7 Å². The molecule has 0 atom stereocenters. The normalized spacial score (nSPS) is 10.9. The maximum atomic E-state index is 12.9. The Bertz CT molecular complexity index is 1180. The van der Waals surface area contributed by atoms with Crippen LogP contribution in [0.4, 0.5) is 11.4 Å². The van der Waals surface area contributed by atoms with Crippen LogP contribution in [0.3, 0.4) is 0 Å². The Kier molecular flexibility index (Phi) is 7.04. The fourth-order valence-electron chi connectivity index (χ4n) is 2.77. The van der Waals surface area contributed by atoms with Crippen LogP contribution in [-0.2, 0) is 10.0 Å². The number of hydrogen-bond donors (Lipinski definition) is 2. The van der Waals surface area contributed by atoms with Crippen molar-refractivity contribution in [2.24, 2.45) is 0 Å². The second kappa shape index (κ2) is 9.72. The standard InChI is InChI=1S/C22H21ClN2O5S/c1-3-30-18-10-8-17(9-11-18)24-22(26)15-5-4-6-19(13-15)31(27,28)25-20-14-16(23)7-12-21(20)29-2/h4-14,25H,3H2,1-2H3,(H,24,26). The lowest BCUT2D eigenvalue weighted by Gasteiger charge is -2.13. The number of rotatable bonds is 8. The Labute approximate surface area is 186 Å². The smallest absolute Gasteiger partial charge is 0.262 e. The summed E-state index contributed by atoms with van der Waals surface area (Å²) < 4.78 is 38.7. The van der Waals surface area contributed by atoms with Gasteiger partial charge in [-0.25, -0.2) is 8.42 Å². The number of anilines is 2. The molecular formula is C22H21ClN2O5S. The number of carbonyl (C=O) groups is 1. The molecule has 0 radical (unpaired) electrons. The summed E-state index contributed by atoms with van der Waals surface area (Å²) in [5.41, 5.74) is 0.942. The minimum Gasteiger partial charge on any atom is -0.495 e. The van der Waals surface area contributed by atoms with Gasteiger partial charge in [0.05, 0.1) is 24.3 Å². The van der Waals surface area contributed by atoms with Gasteiger partial charge in [0, 0.05) is 16.3 Å². The highest BCUT2D eigenvalue weighted by Crippen LogP contribution is 2.30. The van der Waals surface area contributed by atoms with Crippen LogP contribution in [0.15, 0.2) is 71.6 Å². The summed E-state index contributed by atoms with van der Waals surface area (Å²) in [6, 6.07) is 17.2. The molecule has 0 unspecified atom stereocenters. The SMILES string of the molecule is CCOc1ccc(NC(=O)c2cccc(S(=O)(=O)Nc3cc(Cl)ccc3OC)c2)cc1. The summed E-state index contributed by atoms with van der Waals surface area (Å²) in [7, 11) is -2.57. The fraction of sp³-hybridized carbons (Fsp3) is 0.136. The molecule has 3 rings (SSSR count). The molecule has 7 nitrogen and oxygen atoms in total. The maximum absolute atomic E-state index is 12.9. The van der Waals surface area contributed by atoms with E-state index in [4.69, 9.17) is 21.1 Å². The first kappa shape index (κ1) is 22.5. The molecule has 0 aliphatic carbocycles. The predicted octanol–water partition coefficient (Wildman–Crippen LogP) is 4.80. The summed E-state index contributed by atoms with van der Waals surface area (Å²) in [4.78, 5) is 12.5. The molecule has 0 aliphatic rings. The first-order valence-electron chi connectivity index (χ1n) is 9.33. The molecule has 2 N–H and O–H groups in total. The van der Waals surface area contributed by atoms with E-state index in [1.54, 1.807) is 36.4 Å². The summed E-state index contributed by atoms with van der Waals surface area (Å²) in [6.45, 7) is 2.43. The van der Waals surface area contributed by atoms with Gasteiger partial charge in [0.15, 0.2) is 0 Å². The monoisotopic (exact) mass is 460 g/mol. The Balaban J connectivity index is 1.80. The minimum atomic E-state index is -3.99. The molecule has 3 aromatic rings. The predicted molar refractivity (Wildman–Crippen MR) is 121 cm³/mol. The van der Waals surface area contributed by atoms with Crippen molar-refractivity contribution < 1.29 is 22.7 Å². The lowest BCUT2D eigenvalue weighted by atomic mass is 10.2. The third-order valence-electron chi connectivity index (χ3n) is 4.24. The van der Waals surface area contributed by atoms with Crippen molar-refractivity contribution in [2.45, 2.75) is 11.8 Å². The number of halogens is 1. The molecule has 0 saturated carbocycles. The van der Waals surface area contributed by atoms with Gasteiger partial charge in [-0.3, -0.25) is 9.52 Å². The number of methoxy groups -OCH3 is 1. The average Bonchev–Trinajstić information content (AvgIpc) is 2.75. The van der Waals surface area contributed by atoms with Crippen molar-refractivity contribution in [3.05, 3.63) is 77.3 Å². The van der Waals surface area contributed by atoms with Gasteiger partial charge in [0.2, 0.25) is 0 Å². The van der Waals surface area contributed by atoms with Crippen LogP contribution in [0.5, 0.6) is 11.5 Å². The van der Waals surface area contributed by atoms with E-state index in [0.717, 1.165) is 0 Å². The van der Waals surface area contributed by atoms with Crippen LogP contribution in [0, 0.1) is 0 Å². The second-order valence-corrected chi connectivity index (χ2v) is 8.51. The first-order chi connectivity index (χ1) is 14.8. The van der Waals surface area contributed by atoms with Crippen LogP contribution < -0.4 is 19.5 Å². The van der Waals surface area contributed by atoms with E-state index in [-0.39, 0.29) is 16.1 Å². The molecule has 0 aliphatic heterocycles. The van der Waals surface area contributed by atoms with Crippen LogP contribution in [0.2, 0.25) is 5.02 Å². The highest BCUT2D eigenvalue weighted by molar-refractivity contribution is 7.92. The van der Waals surface area contributed by atoms with Crippen molar-refractivity contribution >= 4 is 38.9 Å². The Morgan fingerprint density at radius 1 is 1.03 bits per heavy atom. The Morgan fingerprint density at radius 2 is 1.77 bits per heavy atom. The molecule has 9 heteroatoms. The molecule has 1 amide bonds. The van der Waals surface area contributed by atoms with Crippen LogP contribution in [0.25, 0.3) is 0 Å². The van der Waals surface area contributed by atoms with Gasteiger partial charge in [-0.05, 0) is 67.6 Å². The molecule has 31 heavy (non-hydrogen) atoms. The number of nitrogens with one attached hydrogen (secondary N) is 2. The Morgan fingerprint density at radius 3 is 2.45 bits per heavy atom. The van der Waals surface area contributed by atoms with Gasteiger partial charge < -0.3 is 14.8 Å². The molecule has 0 bridgehead atoms. The number of carbonyl (C=O) groups excluding carboxylic acids is 1. The molecule has 162 valence electrons. The molecular weight excluding hydrogens is 440 g/mol. The van der Waals surface area contributed by atoms with Gasteiger partial charge in [-0.15, -0.1) is 0 Å². The topological polar surface area (TPSA) is 93.7 Å². The second-order valence-electron chi connectivity index (χ2n) is 6.39. The van der Waals surface area contributed by atoms with Crippen molar-refractivity contribution in [1.29, 1.82) is 0 Å². The fourth-order valence-corrected chi connectivity index (χ4v) is 4.05. The highest BCUT2D eigenvalue weighted by atomic mass is 35.5. The van der Waals surface area contributed by atoms with Crippen LogP contribution >= 0.6 is 11.6 Å². The van der Waals surface area contributed by atoms with E-state index in [9.17, 15) is 13.2 Å². The molecule has 0 heterocycles. The number of hydrogen-bond acceptors (Lipinski definition) is 5. The molecule has 0 aromatic heterocycles. The average molecular weight is 461 g/mol. The first-order valence-corrected chi connectivity index (χ1v) is 11.2. The van der Waals surface area contributed by atoms with Crippen molar-refractivity contribution in [3.63, 3.8) is 0 Å². The molecule has 0 spiro atoms. The van der Waals surface area contributed by atoms with Crippen LogP contribution in [0.1, 0.15) is 17.3 Å². The number of ether oxygens (including phenoxy) is 2. The van der Waals surface area contributed by atoms with Crippen molar-refractivity contribution in [3.8, 4) is 11.5 Å². The van der Waals surface area contributed by atoms with Gasteiger partial charge in [0.1, 0.15) is 11.5 Å². The third kappa shape index (κ3) is 5.68. The van der Waals surface area contributed by atoms with E-state index in [0.29, 0.717) is 28.8 Å². The Hall–Kier alpha value is -3.23. The van der Waals surface area contributed by atoms with E-state index < -0.39 is 15.9 Å². The number of sulfonamides is 1. The quantitative estimate of drug-likeness (QED) is 0.503. The zero-order valence-electron chi connectivity index (χ0n) is 16.9. The zero-order valence-corrected chi connectivity index (χ0v) is 18.5.